The van der Waals surface area contributed by atoms with Gasteiger partial charge in [0.05, 0.1) is 5.69 Å². The molecule has 2 aliphatic rings. The second-order valence-electron chi connectivity index (χ2n) is 4.09. The van der Waals surface area contributed by atoms with Gasteiger partial charge >= 0.3 is 0 Å². The van der Waals surface area contributed by atoms with Crippen molar-refractivity contribution in [3.63, 3.8) is 0 Å². The van der Waals surface area contributed by atoms with Gasteiger partial charge in [-0.1, -0.05) is 18.2 Å². The van der Waals surface area contributed by atoms with Crippen molar-refractivity contribution in [2.75, 3.05) is 6.54 Å². The highest BCUT2D eigenvalue weighted by molar-refractivity contribution is 5.71. The van der Waals surface area contributed by atoms with E-state index in [0.717, 1.165) is 12.2 Å². The predicted molar refractivity (Wildman–Crippen MR) is 58.0 cm³/mol. The van der Waals surface area contributed by atoms with Gasteiger partial charge in [0.1, 0.15) is 0 Å². The summed E-state index contributed by atoms with van der Waals surface area (Å²) >= 11 is 0. The average Bonchev–Trinajstić information content (AvgIpc) is 2.58. The molecule has 1 aromatic carbocycles. The molecule has 2 heterocycles. The Morgan fingerprint density at radius 1 is 1.29 bits per heavy atom. The van der Waals surface area contributed by atoms with Gasteiger partial charge < -0.3 is 0 Å². The maximum absolute atomic E-state index is 4.56. The van der Waals surface area contributed by atoms with E-state index in [1.807, 2.05) is 0 Å². The fourth-order valence-electron chi connectivity index (χ4n) is 2.37. The Morgan fingerprint density at radius 3 is 3.21 bits per heavy atom. The van der Waals surface area contributed by atoms with Crippen LogP contribution < -0.4 is 0 Å². The van der Waals surface area contributed by atoms with Gasteiger partial charge in [-0.2, -0.15) is 0 Å². The number of fused-ring (bicyclic) bond motifs is 2. The van der Waals surface area contributed by atoms with Crippen LogP contribution in [-0.4, -0.2) is 23.7 Å². The molecule has 0 saturated carbocycles. The highest BCUT2D eigenvalue weighted by Gasteiger charge is 2.25. The largest absolute Gasteiger partial charge is 0.291 e. The molecule has 14 heavy (non-hydrogen) atoms. The molecule has 1 aromatic rings. The summed E-state index contributed by atoms with van der Waals surface area (Å²) in [7, 11) is 0. The first-order chi connectivity index (χ1) is 6.93. The first kappa shape index (κ1) is 8.18. The Balaban J connectivity index is 2.01. The van der Waals surface area contributed by atoms with Gasteiger partial charge in [0.25, 0.3) is 0 Å². The molecule has 0 spiro atoms. The van der Waals surface area contributed by atoms with E-state index in [-0.39, 0.29) is 0 Å². The van der Waals surface area contributed by atoms with Gasteiger partial charge in [-0.25, -0.2) is 0 Å². The summed E-state index contributed by atoms with van der Waals surface area (Å²) in [6, 6.07) is 9.04. The van der Waals surface area contributed by atoms with Crippen LogP contribution in [0.5, 0.6) is 0 Å². The highest BCUT2D eigenvalue weighted by Crippen LogP contribution is 2.27. The molecule has 0 radical (unpaired) electrons. The third-order valence-corrected chi connectivity index (χ3v) is 3.16. The molecule has 0 bridgehead atoms. The van der Waals surface area contributed by atoms with Crippen molar-refractivity contribution in [1.82, 2.24) is 4.90 Å². The molecule has 0 aliphatic carbocycles. The Kier molecular flexibility index (Phi) is 1.88. The lowest BCUT2D eigenvalue weighted by Gasteiger charge is -2.18. The van der Waals surface area contributed by atoms with Gasteiger partial charge in [-0.15, -0.1) is 0 Å². The molecule has 72 valence electrons. The molecule has 1 fully saturated rings. The fourth-order valence-corrected chi connectivity index (χ4v) is 2.37. The Hall–Kier alpha value is -1.15. The molecule has 0 amide bonds. The second-order valence-corrected chi connectivity index (χ2v) is 4.09. The zero-order valence-electron chi connectivity index (χ0n) is 8.19. The lowest BCUT2D eigenvalue weighted by Crippen LogP contribution is -2.28. The van der Waals surface area contributed by atoms with Crippen molar-refractivity contribution in [2.45, 2.75) is 25.4 Å². The zero-order valence-corrected chi connectivity index (χ0v) is 8.19. The molecular weight excluding hydrogens is 172 g/mol. The van der Waals surface area contributed by atoms with E-state index in [9.17, 15) is 0 Å². The minimum atomic E-state index is 0.586. The maximum Gasteiger partial charge on any atom is 0.0671 e. The van der Waals surface area contributed by atoms with Crippen molar-refractivity contribution in [2.24, 2.45) is 4.99 Å². The van der Waals surface area contributed by atoms with E-state index in [1.54, 1.807) is 0 Å². The van der Waals surface area contributed by atoms with E-state index in [1.165, 1.54) is 24.9 Å². The summed E-state index contributed by atoms with van der Waals surface area (Å²) in [5.41, 5.74) is 2.52. The van der Waals surface area contributed by atoms with Gasteiger partial charge in [0.2, 0.25) is 0 Å². The number of rotatable bonds is 0. The van der Waals surface area contributed by atoms with Crippen molar-refractivity contribution < 1.29 is 0 Å². The molecule has 0 aromatic heterocycles. The topological polar surface area (TPSA) is 15.6 Å². The van der Waals surface area contributed by atoms with E-state index in [4.69, 9.17) is 0 Å². The van der Waals surface area contributed by atoms with Crippen LogP contribution in [0.15, 0.2) is 29.3 Å². The summed E-state index contributed by atoms with van der Waals surface area (Å²) in [6.45, 7) is 2.30. The zero-order chi connectivity index (χ0) is 9.38. The lowest BCUT2D eigenvalue weighted by atomic mass is 10.2. The van der Waals surface area contributed by atoms with Crippen LogP contribution in [0.2, 0.25) is 0 Å². The number of nitrogens with zero attached hydrogens (tertiary/aromatic N) is 2. The van der Waals surface area contributed by atoms with Crippen LogP contribution in [0, 0.1) is 0 Å². The number of benzene rings is 1. The Labute approximate surface area is 84.3 Å². The highest BCUT2D eigenvalue weighted by atomic mass is 15.2. The molecule has 0 N–H and O–H groups in total. The molecule has 1 atom stereocenters. The van der Waals surface area contributed by atoms with Gasteiger partial charge in [-0.3, -0.25) is 9.89 Å². The predicted octanol–water partition coefficient (Wildman–Crippen LogP) is 2.37. The summed E-state index contributed by atoms with van der Waals surface area (Å²) in [5, 5.41) is 0. The van der Waals surface area contributed by atoms with Crippen molar-refractivity contribution in [3.05, 3.63) is 29.8 Å². The van der Waals surface area contributed by atoms with Crippen molar-refractivity contribution in [3.8, 4) is 0 Å². The maximum atomic E-state index is 4.56. The van der Waals surface area contributed by atoms with Crippen LogP contribution in [-0.2, 0) is 6.54 Å². The fraction of sp³-hybridized carbons (Fsp3) is 0.417. The standard InChI is InChI=1S/C12H14N2/c1-2-6-12-10(4-1)9-14-7-3-5-11(14)8-13-12/h1-2,4,6,8,11H,3,5,7,9H2. The molecular formula is C12H14N2. The number of hydrogen-bond acceptors (Lipinski definition) is 2. The smallest absolute Gasteiger partial charge is 0.0671 e. The first-order valence-corrected chi connectivity index (χ1v) is 5.29. The molecule has 2 aliphatic heterocycles. The van der Waals surface area contributed by atoms with Crippen molar-refractivity contribution >= 4 is 11.9 Å². The van der Waals surface area contributed by atoms with E-state index in [0.29, 0.717) is 6.04 Å². The van der Waals surface area contributed by atoms with Crippen LogP contribution in [0.25, 0.3) is 0 Å². The van der Waals surface area contributed by atoms with Crippen LogP contribution in [0.4, 0.5) is 5.69 Å². The molecule has 2 nitrogen and oxygen atoms in total. The first-order valence-electron chi connectivity index (χ1n) is 5.29. The number of para-hydroxylation sites is 1. The lowest BCUT2D eigenvalue weighted by molar-refractivity contribution is 0.300. The quantitative estimate of drug-likeness (QED) is 0.607. The summed E-state index contributed by atoms with van der Waals surface area (Å²) in [5.74, 6) is 0. The summed E-state index contributed by atoms with van der Waals surface area (Å²) in [6.07, 6.45) is 4.72. The van der Waals surface area contributed by atoms with Gasteiger partial charge in [0, 0.05) is 18.8 Å². The minimum absolute atomic E-state index is 0.586. The van der Waals surface area contributed by atoms with E-state index >= 15 is 0 Å². The van der Waals surface area contributed by atoms with Crippen LogP contribution in [0.1, 0.15) is 18.4 Å². The third kappa shape index (κ3) is 1.26. The monoisotopic (exact) mass is 186 g/mol. The second kappa shape index (κ2) is 3.21. The van der Waals surface area contributed by atoms with Gasteiger partial charge in [-0.05, 0) is 31.0 Å². The number of hydrogen-bond donors (Lipinski definition) is 0. The minimum Gasteiger partial charge on any atom is -0.291 e. The summed E-state index contributed by atoms with van der Waals surface area (Å²) < 4.78 is 0. The van der Waals surface area contributed by atoms with Crippen molar-refractivity contribution in [1.29, 1.82) is 0 Å². The average molecular weight is 186 g/mol. The van der Waals surface area contributed by atoms with Crippen LogP contribution >= 0.6 is 0 Å². The Bertz CT molecular complexity index is 370. The number of aliphatic imine (C=N–C) groups is 1. The summed E-state index contributed by atoms with van der Waals surface area (Å²) in [4.78, 5) is 7.09. The SMILES string of the molecule is C1=Nc2ccccc2CN2CCCC12. The van der Waals surface area contributed by atoms with E-state index in [2.05, 4.69) is 40.4 Å². The van der Waals surface area contributed by atoms with Gasteiger partial charge in [0.15, 0.2) is 0 Å². The van der Waals surface area contributed by atoms with Crippen LogP contribution in [0.3, 0.4) is 0 Å². The molecule has 1 unspecified atom stereocenters. The molecule has 3 rings (SSSR count). The third-order valence-electron chi connectivity index (χ3n) is 3.16. The van der Waals surface area contributed by atoms with E-state index < -0.39 is 0 Å². The Morgan fingerprint density at radius 2 is 2.21 bits per heavy atom. The normalized spacial score (nSPS) is 25.6. The molecule has 1 saturated heterocycles. The molecule has 2 heteroatoms.